The highest BCUT2D eigenvalue weighted by Gasteiger charge is 2.32. The van der Waals surface area contributed by atoms with Crippen LogP contribution < -0.4 is 14.8 Å². The topological polar surface area (TPSA) is 124 Å². The summed E-state index contributed by atoms with van der Waals surface area (Å²) in [7, 11) is -2.39. The summed E-state index contributed by atoms with van der Waals surface area (Å²) in [4.78, 5) is 26.0. The highest BCUT2D eigenvalue weighted by molar-refractivity contribution is 7.89. The van der Waals surface area contributed by atoms with Gasteiger partial charge in [0.1, 0.15) is 5.75 Å². The first-order chi connectivity index (χ1) is 16.3. The molecule has 0 saturated heterocycles. The maximum absolute atomic E-state index is 13.2. The van der Waals surface area contributed by atoms with Crippen molar-refractivity contribution in [1.29, 1.82) is 0 Å². The molecule has 4 rings (SSSR count). The Labute approximate surface area is 197 Å². The third kappa shape index (κ3) is 5.46. The first-order valence-electron chi connectivity index (χ1n) is 10.6. The van der Waals surface area contributed by atoms with E-state index in [0.29, 0.717) is 17.0 Å². The molecule has 1 saturated carbocycles. The second-order valence-corrected chi connectivity index (χ2v) is 9.55. The maximum Gasteiger partial charge on any atom is 0.375 e. The second kappa shape index (κ2) is 9.70. The predicted molar refractivity (Wildman–Crippen MR) is 123 cm³/mol. The Balaban J connectivity index is 1.56. The average molecular weight is 485 g/mol. The normalized spacial score (nSPS) is 14.3. The molecule has 0 unspecified atom stereocenters. The van der Waals surface area contributed by atoms with Crippen LogP contribution >= 0.6 is 0 Å². The summed E-state index contributed by atoms with van der Waals surface area (Å²) in [6.07, 6.45) is 0.191. The van der Waals surface area contributed by atoms with E-state index in [1.165, 1.54) is 19.2 Å². The van der Waals surface area contributed by atoms with Crippen molar-refractivity contribution in [2.45, 2.75) is 37.0 Å². The molecule has 0 aliphatic heterocycles. The molecular formula is C24H24N2O7S. The molecule has 178 valence electrons. The summed E-state index contributed by atoms with van der Waals surface area (Å²) < 4.78 is 43.2. The van der Waals surface area contributed by atoms with Crippen LogP contribution in [0.15, 0.2) is 70.2 Å². The molecule has 1 aromatic heterocycles. The number of benzene rings is 2. The van der Waals surface area contributed by atoms with Crippen molar-refractivity contribution in [2.75, 3.05) is 12.4 Å². The lowest BCUT2D eigenvalue weighted by molar-refractivity contribution is -0.125. The number of ether oxygens (including phenoxy) is 2. The van der Waals surface area contributed by atoms with Gasteiger partial charge < -0.3 is 19.2 Å². The van der Waals surface area contributed by atoms with Crippen LogP contribution in [0.3, 0.4) is 0 Å². The molecule has 2 N–H and O–H groups in total. The lowest BCUT2D eigenvalue weighted by Crippen LogP contribution is -2.26. The predicted octanol–water partition coefficient (Wildman–Crippen LogP) is 3.57. The lowest BCUT2D eigenvalue weighted by Gasteiger charge is -2.18. The molecule has 34 heavy (non-hydrogen) atoms. The smallest absolute Gasteiger partial charge is 0.375 e. The fourth-order valence-corrected chi connectivity index (χ4v) is 4.47. The van der Waals surface area contributed by atoms with Gasteiger partial charge in [0.15, 0.2) is 0 Å². The zero-order chi connectivity index (χ0) is 24.3. The van der Waals surface area contributed by atoms with Gasteiger partial charge in [-0.25, -0.2) is 17.9 Å². The van der Waals surface area contributed by atoms with E-state index in [-0.39, 0.29) is 11.8 Å². The summed E-state index contributed by atoms with van der Waals surface area (Å²) in [5.74, 6) is -1.48. The van der Waals surface area contributed by atoms with Crippen molar-refractivity contribution in [3.8, 4) is 5.75 Å². The van der Waals surface area contributed by atoms with Crippen LogP contribution in [0.1, 0.15) is 40.6 Å². The van der Waals surface area contributed by atoms with Crippen molar-refractivity contribution in [1.82, 2.24) is 4.72 Å². The van der Waals surface area contributed by atoms with Gasteiger partial charge >= 0.3 is 5.97 Å². The highest BCUT2D eigenvalue weighted by Crippen LogP contribution is 2.29. The monoisotopic (exact) mass is 484 g/mol. The molecule has 1 amide bonds. The molecule has 0 spiro atoms. The van der Waals surface area contributed by atoms with Gasteiger partial charge in [0.2, 0.25) is 17.0 Å². The van der Waals surface area contributed by atoms with Crippen molar-refractivity contribution in [3.63, 3.8) is 0 Å². The van der Waals surface area contributed by atoms with Crippen molar-refractivity contribution in [2.24, 2.45) is 0 Å². The zero-order valence-electron chi connectivity index (χ0n) is 18.6. The first-order valence-corrected chi connectivity index (χ1v) is 12.1. The average Bonchev–Trinajstić information content (AvgIpc) is 3.46. The molecular weight excluding hydrogens is 460 g/mol. The van der Waals surface area contributed by atoms with Gasteiger partial charge in [-0.2, -0.15) is 0 Å². The van der Waals surface area contributed by atoms with Crippen molar-refractivity contribution in [3.05, 3.63) is 77.6 Å². The molecule has 0 radical (unpaired) electrons. The number of methoxy groups -OCH3 is 1. The van der Waals surface area contributed by atoms with Crippen molar-refractivity contribution < 1.29 is 31.9 Å². The van der Waals surface area contributed by atoms with E-state index in [0.717, 1.165) is 18.4 Å². The Morgan fingerprint density at radius 3 is 2.47 bits per heavy atom. The van der Waals surface area contributed by atoms with E-state index in [1.54, 1.807) is 42.5 Å². The van der Waals surface area contributed by atoms with E-state index >= 15 is 0 Å². The van der Waals surface area contributed by atoms with Gasteiger partial charge in [-0.3, -0.25) is 4.79 Å². The lowest BCUT2D eigenvalue weighted by atomic mass is 10.1. The van der Waals surface area contributed by atoms with Gasteiger partial charge in [-0.1, -0.05) is 36.4 Å². The number of hydrogen-bond donors (Lipinski definition) is 2. The van der Waals surface area contributed by atoms with Crippen molar-refractivity contribution >= 4 is 27.6 Å². The Morgan fingerprint density at radius 2 is 1.79 bits per heavy atom. The number of aryl methyl sites for hydroxylation is 1. The number of carbonyl (C=O) groups is 2. The summed E-state index contributed by atoms with van der Waals surface area (Å²) >= 11 is 0. The minimum Gasteiger partial charge on any atom is -0.495 e. The first kappa shape index (κ1) is 23.5. The van der Waals surface area contributed by atoms with Crippen LogP contribution in [0.4, 0.5) is 5.69 Å². The molecule has 1 fully saturated rings. The quantitative estimate of drug-likeness (QED) is 0.445. The fraction of sp³-hybridized carbons (Fsp3) is 0.250. The standard InChI is InChI=1S/C24H24N2O7S/c1-15-8-11-19(31-2)18(14-15)25-23(27)22(16-6-4-3-5-7-16)33-24(28)20-12-13-21(32-20)34(29,30)26-17-9-10-17/h3-8,11-14,17,22,26H,9-10H2,1-2H3,(H,25,27)/t22-/m0/s1. The molecule has 1 atom stereocenters. The number of furan rings is 1. The zero-order valence-corrected chi connectivity index (χ0v) is 19.4. The number of rotatable bonds is 9. The molecule has 3 aromatic rings. The Hall–Kier alpha value is -3.63. The number of amides is 1. The fourth-order valence-electron chi connectivity index (χ4n) is 3.24. The number of hydrogen-bond acceptors (Lipinski definition) is 7. The summed E-state index contributed by atoms with van der Waals surface area (Å²) in [5, 5.41) is 2.35. The van der Waals surface area contributed by atoms with Gasteiger partial charge in [0.05, 0.1) is 12.8 Å². The minimum absolute atomic E-state index is 0.115. The van der Waals surface area contributed by atoms with E-state index in [9.17, 15) is 18.0 Å². The highest BCUT2D eigenvalue weighted by atomic mass is 32.2. The second-order valence-electron chi connectivity index (χ2n) is 7.90. The molecule has 9 nitrogen and oxygen atoms in total. The largest absolute Gasteiger partial charge is 0.495 e. The minimum atomic E-state index is -3.88. The SMILES string of the molecule is COc1ccc(C)cc1NC(=O)[C@@H](OC(=O)c1ccc(S(=O)(=O)NC2CC2)o1)c1ccccc1. The third-order valence-electron chi connectivity index (χ3n) is 5.12. The van der Waals surface area contributed by atoms with E-state index < -0.39 is 33.1 Å². The van der Waals surface area contributed by atoms with Crippen LogP contribution in [-0.4, -0.2) is 33.4 Å². The number of carbonyl (C=O) groups excluding carboxylic acids is 2. The summed E-state index contributed by atoms with van der Waals surface area (Å²) in [6.45, 7) is 1.87. The van der Waals surface area contributed by atoms with E-state index in [1.807, 2.05) is 13.0 Å². The molecule has 1 heterocycles. The summed E-state index contributed by atoms with van der Waals surface area (Å²) in [6, 6.07) is 16.0. The van der Waals surface area contributed by atoms with Gasteiger partial charge in [-0.15, -0.1) is 0 Å². The molecule has 10 heteroatoms. The molecule has 2 aromatic carbocycles. The Bertz CT molecular complexity index is 1300. The van der Waals surface area contributed by atoms with Crippen LogP contribution in [0.5, 0.6) is 5.75 Å². The summed E-state index contributed by atoms with van der Waals surface area (Å²) in [5.41, 5.74) is 1.74. The van der Waals surface area contributed by atoms with Crippen LogP contribution in [0.2, 0.25) is 0 Å². The van der Waals surface area contributed by atoms with Gasteiger partial charge in [0, 0.05) is 11.6 Å². The third-order valence-corrected chi connectivity index (χ3v) is 6.52. The molecule has 1 aliphatic carbocycles. The van der Waals surface area contributed by atoms with Gasteiger partial charge in [-0.05, 0) is 49.6 Å². The maximum atomic E-state index is 13.2. The van der Waals surface area contributed by atoms with Crippen LogP contribution in [0, 0.1) is 6.92 Å². The molecule has 1 aliphatic rings. The van der Waals surface area contributed by atoms with E-state index in [2.05, 4.69) is 10.0 Å². The number of anilines is 1. The van der Waals surface area contributed by atoms with Gasteiger partial charge in [0.25, 0.3) is 15.9 Å². The molecule has 0 bridgehead atoms. The Kier molecular flexibility index (Phi) is 6.71. The number of nitrogens with one attached hydrogen (secondary N) is 2. The number of sulfonamides is 1. The van der Waals surface area contributed by atoms with Crippen LogP contribution in [0.25, 0.3) is 0 Å². The Morgan fingerprint density at radius 1 is 1.06 bits per heavy atom. The number of esters is 1. The van der Waals surface area contributed by atoms with E-state index in [4.69, 9.17) is 13.9 Å². The van der Waals surface area contributed by atoms with Crippen LogP contribution in [-0.2, 0) is 19.6 Å².